The molecule has 1 aromatic heterocycles. The lowest BCUT2D eigenvalue weighted by molar-refractivity contribution is -0.0521. The zero-order valence-corrected chi connectivity index (χ0v) is 9.86. The number of carbonyl (C=O) groups is 1. The number of nitrogens with two attached hydrogens (primary N) is 1. The minimum atomic E-state index is -3.13. The van der Waals surface area contributed by atoms with Gasteiger partial charge in [-0.05, 0) is 12.1 Å². The molecule has 1 heterocycles. The Labute approximate surface area is 110 Å². The van der Waals surface area contributed by atoms with E-state index in [0.717, 1.165) is 12.1 Å². The smallest absolute Gasteiger partial charge is 0.387 e. The molecule has 0 radical (unpaired) electrons. The standard InChI is InChI=1S/C11H9F3N4O2/c12-6-3-5(1-2-8(6)20-11(13)14)17-10(19)9-7(15)4-16-18-9/h1-4,11H,15H2,(H,16,18)(H,17,19). The zero-order chi connectivity index (χ0) is 14.7. The van der Waals surface area contributed by atoms with Crippen LogP contribution >= 0.6 is 0 Å². The summed E-state index contributed by atoms with van der Waals surface area (Å²) in [5, 5.41) is 8.27. The van der Waals surface area contributed by atoms with Crippen LogP contribution in [-0.4, -0.2) is 22.7 Å². The molecule has 2 rings (SSSR count). The second kappa shape index (κ2) is 5.51. The van der Waals surface area contributed by atoms with E-state index in [4.69, 9.17) is 5.73 Å². The van der Waals surface area contributed by atoms with Gasteiger partial charge in [0.05, 0.1) is 11.9 Å². The molecule has 0 aliphatic heterocycles. The van der Waals surface area contributed by atoms with E-state index in [1.165, 1.54) is 12.3 Å². The molecule has 0 aliphatic carbocycles. The summed E-state index contributed by atoms with van der Waals surface area (Å²) in [5.74, 6) is -2.28. The number of alkyl halides is 2. The van der Waals surface area contributed by atoms with E-state index in [9.17, 15) is 18.0 Å². The van der Waals surface area contributed by atoms with E-state index in [2.05, 4.69) is 20.3 Å². The molecule has 0 bridgehead atoms. The third kappa shape index (κ3) is 2.99. The number of benzene rings is 1. The van der Waals surface area contributed by atoms with Crippen LogP contribution in [0.2, 0.25) is 0 Å². The zero-order valence-electron chi connectivity index (χ0n) is 9.86. The second-order valence-corrected chi connectivity index (χ2v) is 3.68. The Morgan fingerprint density at radius 1 is 1.45 bits per heavy atom. The minimum absolute atomic E-state index is 0.0123. The van der Waals surface area contributed by atoms with Gasteiger partial charge in [0.2, 0.25) is 0 Å². The van der Waals surface area contributed by atoms with Crippen molar-refractivity contribution >= 4 is 17.3 Å². The molecule has 0 saturated heterocycles. The van der Waals surface area contributed by atoms with Gasteiger partial charge >= 0.3 is 6.61 Å². The highest BCUT2D eigenvalue weighted by atomic mass is 19.3. The Bertz CT molecular complexity index is 630. The highest BCUT2D eigenvalue weighted by Crippen LogP contribution is 2.23. The summed E-state index contributed by atoms with van der Waals surface area (Å²) in [6.07, 6.45) is 1.25. The summed E-state index contributed by atoms with van der Waals surface area (Å²) in [7, 11) is 0. The lowest BCUT2D eigenvalue weighted by atomic mass is 10.2. The van der Waals surface area contributed by atoms with E-state index in [1.807, 2.05) is 0 Å². The van der Waals surface area contributed by atoms with Gasteiger partial charge in [0.1, 0.15) is 5.69 Å². The summed E-state index contributed by atoms with van der Waals surface area (Å²) < 4.78 is 41.3. The van der Waals surface area contributed by atoms with Crippen molar-refractivity contribution in [1.82, 2.24) is 10.2 Å². The van der Waals surface area contributed by atoms with Crippen LogP contribution in [0.4, 0.5) is 24.5 Å². The van der Waals surface area contributed by atoms with Crippen LogP contribution in [0, 0.1) is 5.82 Å². The third-order valence-electron chi connectivity index (χ3n) is 2.30. The van der Waals surface area contributed by atoms with Crippen LogP contribution in [0.15, 0.2) is 24.4 Å². The highest BCUT2D eigenvalue weighted by molar-refractivity contribution is 6.06. The molecule has 0 atom stereocenters. The molecule has 106 valence electrons. The summed E-state index contributed by atoms with van der Waals surface area (Å²) in [6.45, 7) is -3.13. The van der Waals surface area contributed by atoms with Crippen molar-refractivity contribution in [1.29, 1.82) is 0 Å². The number of nitrogens with zero attached hydrogens (tertiary/aromatic N) is 1. The molecular weight excluding hydrogens is 277 g/mol. The molecular formula is C11H9F3N4O2. The first kappa shape index (κ1) is 13.7. The molecule has 0 fully saturated rings. The monoisotopic (exact) mass is 286 g/mol. The summed E-state index contributed by atoms with van der Waals surface area (Å²) >= 11 is 0. The predicted molar refractivity (Wildman–Crippen MR) is 64.0 cm³/mol. The van der Waals surface area contributed by atoms with Gasteiger partial charge in [-0.1, -0.05) is 0 Å². The topological polar surface area (TPSA) is 93.0 Å². The van der Waals surface area contributed by atoms with Crippen molar-refractivity contribution in [3.63, 3.8) is 0 Å². The molecule has 1 amide bonds. The fourth-order valence-corrected chi connectivity index (χ4v) is 1.44. The maximum absolute atomic E-state index is 13.4. The van der Waals surface area contributed by atoms with Crippen molar-refractivity contribution in [3.05, 3.63) is 35.9 Å². The van der Waals surface area contributed by atoms with E-state index >= 15 is 0 Å². The maximum atomic E-state index is 13.4. The average molecular weight is 286 g/mol. The number of hydrogen-bond donors (Lipinski definition) is 3. The Balaban J connectivity index is 2.13. The first-order valence-corrected chi connectivity index (χ1v) is 5.32. The molecule has 4 N–H and O–H groups in total. The number of rotatable bonds is 4. The fourth-order valence-electron chi connectivity index (χ4n) is 1.44. The Morgan fingerprint density at radius 2 is 2.20 bits per heavy atom. The third-order valence-corrected chi connectivity index (χ3v) is 2.30. The molecule has 0 saturated carbocycles. The number of amides is 1. The minimum Gasteiger partial charge on any atom is -0.432 e. The SMILES string of the molecule is Nc1cn[nH]c1C(=O)Nc1ccc(OC(F)F)c(F)c1. The van der Waals surface area contributed by atoms with Gasteiger partial charge < -0.3 is 15.8 Å². The molecule has 1 aromatic carbocycles. The van der Waals surface area contributed by atoms with Crippen molar-refractivity contribution in [2.75, 3.05) is 11.1 Å². The van der Waals surface area contributed by atoms with Gasteiger partial charge in [-0.2, -0.15) is 13.9 Å². The van der Waals surface area contributed by atoms with Crippen molar-refractivity contribution in [3.8, 4) is 5.75 Å². The van der Waals surface area contributed by atoms with Crippen LogP contribution in [0.3, 0.4) is 0 Å². The molecule has 0 aliphatic rings. The Hall–Kier alpha value is -2.71. The lowest BCUT2D eigenvalue weighted by Gasteiger charge is -2.08. The highest BCUT2D eigenvalue weighted by Gasteiger charge is 2.14. The summed E-state index contributed by atoms with van der Waals surface area (Å²) in [6, 6.07) is 3.04. The predicted octanol–water partition coefficient (Wildman–Crippen LogP) is 1.98. The molecule has 6 nitrogen and oxygen atoms in total. The van der Waals surface area contributed by atoms with Crippen molar-refractivity contribution in [2.24, 2.45) is 0 Å². The molecule has 20 heavy (non-hydrogen) atoms. The molecule has 9 heteroatoms. The van der Waals surface area contributed by atoms with E-state index in [0.29, 0.717) is 0 Å². The van der Waals surface area contributed by atoms with Crippen molar-refractivity contribution in [2.45, 2.75) is 6.61 Å². The number of ether oxygens (including phenoxy) is 1. The van der Waals surface area contributed by atoms with Crippen molar-refractivity contribution < 1.29 is 22.7 Å². The quantitative estimate of drug-likeness (QED) is 0.801. The lowest BCUT2D eigenvalue weighted by Crippen LogP contribution is -2.14. The van der Waals surface area contributed by atoms with Gasteiger partial charge in [-0.25, -0.2) is 4.39 Å². The summed E-state index contributed by atoms with van der Waals surface area (Å²) in [5.41, 5.74) is 5.67. The summed E-state index contributed by atoms with van der Waals surface area (Å²) in [4.78, 5) is 11.7. The van der Waals surface area contributed by atoms with Crippen LogP contribution < -0.4 is 15.8 Å². The number of H-pyrrole nitrogens is 1. The Morgan fingerprint density at radius 3 is 2.75 bits per heavy atom. The van der Waals surface area contributed by atoms with Crippen LogP contribution in [0.25, 0.3) is 0 Å². The second-order valence-electron chi connectivity index (χ2n) is 3.68. The van der Waals surface area contributed by atoms with E-state index in [1.54, 1.807) is 0 Å². The van der Waals surface area contributed by atoms with E-state index < -0.39 is 24.1 Å². The number of hydrogen-bond acceptors (Lipinski definition) is 4. The fraction of sp³-hybridized carbons (Fsp3) is 0.0909. The largest absolute Gasteiger partial charge is 0.432 e. The number of carbonyl (C=O) groups excluding carboxylic acids is 1. The van der Waals surface area contributed by atoms with Gasteiger partial charge in [-0.3, -0.25) is 9.89 Å². The van der Waals surface area contributed by atoms with E-state index in [-0.39, 0.29) is 17.1 Å². The number of halogens is 3. The number of nitrogen functional groups attached to an aromatic ring is 1. The van der Waals surface area contributed by atoms with Crippen LogP contribution in [0.5, 0.6) is 5.75 Å². The average Bonchev–Trinajstić information content (AvgIpc) is 2.78. The number of nitrogens with one attached hydrogen (secondary N) is 2. The normalized spacial score (nSPS) is 10.6. The maximum Gasteiger partial charge on any atom is 0.387 e. The number of anilines is 2. The first-order valence-electron chi connectivity index (χ1n) is 5.32. The van der Waals surface area contributed by atoms with Gasteiger partial charge in [0.25, 0.3) is 5.91 Å². The molecule has 0 spiro atoms. The first-order chi connectivity index (χ1) is 9.47. The Kier molecular flexibility index (Phi) is 3.78. The van der Waals surface area contributed by atoms with Gasteiger partial charge in [0.15, 0.2) is 11.6 Å². The number of aromatic amines is 1. The van der Waals surface area contributed by atoms with Gasteiger partial charge in [0, 0.05) is 11.8 Å². The number of aromatic nitrogens is 2. The van der Waals surface area contributed by atoms with Gasteiger partial charge in [-0.15, -0.1) is 0 Å². The van der Waals surface area contributed by atoms with Crippen LogP contribution in [-0.2, 0) is 0 Å². The van der Waals surface area contributed by atoms with Crippen LogP contribution in [0.1, 0.15) is 10.5 Å². The molecule has 0 unspecified atom stereocenters. The molecule has 2 aromatic rings.